The number of carbonyl (C=O) groups excluding carboxylic acids is 1. The van der Waals surface area contributed by atoms with E-state index >= 15 is 0 Å². The predicted octanol–water partition coefficient (Wildman–Crippen LogP) is 4.87. The van der Waals surface area contributed by atoms with Gasteiger partial charge in [0, 0.05) is 19.2 Å². The summed E-state index contributed by atoms with van der Waals surface area (Å²) in [5.74, 6) is -0.119. The van der Waals surface area contributed by atoms with Crippen molar-refractivity contribution in [2.45, 2.75) is 39.6 Å². The number of para-hydroxylation sites is 2. The molecule has 0 bridgehead atoms. The number of aromatic nitrogens is 3. The molecule has 164 valence electrons. The Kier molecular flexibility index (Phi) is 6.33. The highest BCUT2D eigenvalue weighted by Crippen LogP contribution is 2.27. The molecule has 31 heavy (non-hydrogen) atoms. The maximum absolute atomic E-state index is 12.9. The van der Waals surface area contributed by atoms with Crippen molar-refractivity contribution < 1.29 is 22.7 Å². The molecule has 3 aromatic rings. The van der Waals surface area contributed by atoms with E-state index in [0.29, 0.717) is 5.82 Å². The molecular weight excluding hydrogens is 409 g/mol. The zero-order valence-electron chi connectivity index (χ0n) is 17.6. The van der Waals surface area contributed by atoms with Crippen LogP contribution in [0.2, 0.25) is 0 Å². The molecule has 0 N–H and O–H groups in total. The maximum atomic E-state index is 12.9. The van der Waals surface area contributed by atoms with E-state index in [4.69, 9.17) is 0 Å². The first kappa shape index (κ1) is 22.3. The Bertz CT molecular complexity index is 1080. The Balaban J connectivity index is 1.85. The van der Waals surface area contributed by atoms with Crippen molar-refractivity contribution in [2.24, 2.45) is 0 Å². The van der Waals surface area contributed by atoms with Crippen LogP contribution in [-0.4, -0.2) is 39.0 Å². The third-order valence-corrected chi connectivity index (χ3v) is 4.70. The Morgan fingerprint density at radius 3 is 2.45 bits per heavy atom. The van der Waals surface area contributed by atoms with Gasteiger partial charge in [-0.15, -0.1) is 18.3 Å². The summed E-state index contributed by atoms with van der Waals surface area (Å²) in [6, 6.07) is 13.4. The highest BCUT2D eigenvalue weighted by molar-refractivity contribution is 5.90. The smallest absolute Gasteiger partial charge is 0.405 e. The number of halogens is 3. The molecule has 0 aliphatic rings. The number of alkyl halides is 3. The lowest BCUT2D eigenvalue weighted by atomic mass is 10.0. The minimum absolute atomic E-state index is 0.0345. The fourth-order valence-corrected chi connectivity index (χ4v) is 3.23. The quantitative estimate of drug-likeness (QED) is 0.558. The van der Waals surface area contributed by atoms with Crippen LogP contribution in [0.1, 0.15) is 47.3 Å². The van der Waals surface area contributed by atoms with Gasteiger partial charge in [0.25, 0.3) is 5.91 Å². The van der Waals surface area contributed by atoms with Crippen LogP contribution in [0, 0.1) is 6.92 Å². The number of amides is 1. The fraction of sp³-hybridized carbons (Fsp3) is 0.318. The lowest BCUT2D eigenvalue weighted by Gasteiger charge is -2.18. The zero-order chi connectivity index (χ0) is 22.8. The Hall–Kier alpha value is -3.36. The molecule has 1 aromatic heterocycles. The summed E-state index contributed by atoms with van der Waals surface area (Å²) in [6.45, 7) is 5.77. The van der Waals surface area contributed by atoms with Gasteiger partial charge in [-0.1, -0.05) is 50.2 Å². The number of rotatable bonds is 6. The molecule has 0 saturated heterocycles. The van der Waals surface area contributed by atoms with Crippen molar-refractivity contribution in [3.63, 3.8) is 0 Å². The van der Waals surface area contributed by atoms with Crippen LogP contribution < -0.4 is 4.74 Å². The fourth-order valence-electron chi connectivity index (χ4n) is 3.23. The van der Waals surface area contributed by atoms with Crippen LogP contribution in [0.4, 0.5) is 13.2 Å². The highest BCUT2D eigenvalue weighted by atomic mass is 19.4. The Labute approximate surface area is 178 Å². The topological polar surface area (TPSA) is 60.3 Å². The summed E-state index contributed by atoms with van der Waals surface area (Å²) in [7, 11) is 1.48. The maximum Gasteiger partial charge on any atom is 0.573 e. The zero-order valence-corrected chi connectivity index (χ0v) is 17.6. The van der Waals surface area contributed by atoms with Gasteiger partial charge in [-0.2, -0.15) is 0 Å². The van der Waals surface area contributed by atoms with Gasteiger partial charge in [-0.05, 0) is 30.5 Å². The van der Waals surface area contributed by atoms with Gasteiger partial charge < -0.3 is 9.64 Å². The number of carbonyl (C=O) groups is 1. The normalized spacial score (nSPS) is 11.6. The second-order valence-electron chi connectivity index (χ2n) is 7.42. The van der Waals surface area contributed by atoms with Gasteiger partial charge in [0.05, 0.1) is 5.69 Å². The summed E-state index contributed by atoms with van der Waals surface area (Å²) in [4.78, 5) is 18.4. The highest BCUT2D eigenvalue weighted by Gasteiger charge is 2.32. The van der Waals surface area contributed by atoms with Crippen molar-refractivity contribution in [2.75, 3.05) is 7.05 Å². The van der Waals surface area contributed by atoms with Crippen LogP contribution in [0.3, 0.4) is 0 Å². The van der Waals surface area contributed by atoms with E-state index in [1.807, 2.05) is 24.3 Å². The van der Waals surface area contributed by atoms with Gasteiger partial charge in [-0.3, -0.25) is 4.79 Å². The van der Waals surface area contributed by atoms with Gasteiger partial charge in [0.2, 0.25) is 5.82 Å². The van der Waals surface area contributed by atoms with Crippen molar-refractivity contribution in [1.29, 1.82) is 0 Å². The summed E-state index contributed by atoms with van der Waals surface area (Å²) >= 11 is 0. The molecule has 1 amide bonds. The molecular formula is C22H23F3N4O2. The second-order valence-corrected chi connectivity index (χ2v) is 7.42. The third-order valence-electron chi connectivity index (χ3n) is 4.70. The van der Waals surface area contributed by atoms with E-state index in [-0.39, 0.29) is 29.6 Å². The van der Waals surface area contributed by atoms with Crippen LogP contribution in [0.15, 0.2) is 48.5 Å². The van der Waals surface area contributed by atoms with Crippen molar-refractivity contribution in [3.8, 4) is 11.4 Å². The average Bonchev–Trinajstić information content (AvgIpc) is 3.09. The Morgan fingerprint density at radius 1 is 1.13 bits per heavy atom. The molecule has 0 aliphatic carbocycles. The molecule has 0 fully saturated rings. The van der Waals surface area contributed by atoms with Crippen LogP contribution in [0.25, 0.3) is 5.69 Å². The van der Waals surface area contributed by atoms with Crippen molar-refractivity contribution in [3.05, 3.63) is 71.3 Å². The number of nitrogens with zero attached hydrogens (tertiary/aromatic N) is 4. The molecule has 0 aliphatic heterocycles. The lowest BCUT2D eigenvalue weighted by Crippen LogP contribution is -2.28. The molecule has 0 spiro atoms. The van der Waals surface area contributed by atoms with Gasteiger partial charge in [0.1, 0.15) is 11.6 Å². The first-order valence-electron chi connectivity index (χ1n) is 9.69. The lowest BCUT2D eigenvalue weighted by molar-refractivity contribution is -0.275. The first-order chi connectivity index (χ1) is 14.6. The van der Waals surface area contributed by atoms with Gasteiger partial charge >= 0.3 is 6.36 Å². The molecule has 0 saturated carbocycles. The van der Waals surface area contributed by atoms with E-state index in [1.165, 1.54) is 30.1 Å². The standard InChI is InChI=1S/C22H23F3N4O2/c1-14(2)17-10-6-7-11-18(17)29-15(3)26-20(27-29)21(30)28(4)13-16-9-5-8-12-19(16)31-22(23,24)25/h5-12,14H,13H2,1-4H3. The van der Waals surface area contributed by atoms with Gasteiger partial charge in [-0.25, -0.2) is 9.67 Å². The van der Waals surface area contributed by atoms with Crippen LogP contribution >= 0.6 is 0 Å². The summed E-state index contributed by atoms with van der Waals surface area (Å²) < 4.78 is 43.6. The molecule has 0 unspecified atom stereocenters. The first-order valence-corrected chi connectivity index (χ1v) is 9.69. The molecule has 0 atom stereocenters. The number of benzene rings is 2. The second kappa shape index (κ2) is 8.79. The van der Waals surface area contributed by atoms with E-state index in [9.17, 15) is 18.0 Å². The number of hydrogen-bond donors (Lipinski definition) is 0. The van der Waals surface area contributed by atoms with Gasteiger partial charge in [0.15, 0.2) is 0 Å². The minimum atomic E-state index is -4.82. The predicted molar refractivity (Wildman–Crippen MR) is 109 cm³/mol. The molecule has 2 aromatic carbocycles. The largest absolute Gasteiger partial charge is 0.573 e. The minimum Gasteiger partial charge on any atom is -0.405 e. The van der Waals surface area contributed by atoms with Crippen LogP contribution in [0.5, 0.6) is 5.75 Å². The molecule has 9 heteroatoms. The Morgan fingerprint density at radius 2 is 1.77 bits per heavy atom. The monoisotopic (exact) mass is 432 g/mol. The number of aryl methyl sites for hydroxylation is 1. The molecule has 0 radical (unpaired) electrons. The number of ether oxygens (including phenoxy) is 1. The molecule has 3 rings (SSSR count). The van der Waals surface area contributed by atoms with E-state index in [2.05, 4.69) is 28.7 Å². The summed E-state index contributed by atoms with van der Waals surface area (Å²) in [5.41, 5.74) is 2.10. The molecule has 1 heterocycles. The van der Waals surface area contributed by atoms with Crippen molar-refractivity contribution >= 4 is 5.91 Å². The van der Waals surface area contributed by atoms with E-state index < -0.39 is 12.3 Å². The average molecular weight is 432 g/mol. The van der Waals surface area contributed by atoms with Crippen molar-refractivity contribution in [1.82, 2.24) is 19.7 Å². The van der Waals surface area contributed by atoms with Crippen LogP contribution in [-0.2, 0) is 6.54 Å². The molecule has 6 nitrogen and oxygen atoms in total. The summed E-state index contributed by atoms with van der Waals surface area (Å²) in [6.07, 6.45) is -4.82. The summed E-state index contributed by atoms with van der Waals surface area (Å²) in [5, 5.41) is 4.37. The SMILES string of the molecule is Cc1nc(C(=O)N(C)Cc2ccccc2OC(F)(F)F)nn1-c1ccccc1C(C)C. The number of hydrogen-bond acceptors (Lipinski definition) is 4. The van der Waals surface area contributed by atoms with E-state index in [1.54, 1.807) is 17.7 Å². The third kappa shape index (κ3) is 5.22. The van der Waals surface area contributed by atoms with E-state index in [0.717, 1.165) is 11.3 Å².